The summed E-state index contributed by atoms with van der Waals surface area (Å²) in [6.07, 6.45) is 20.4. The molecule has 5 atom stereocenters. The van der Waals surface area contributed by atoms with Gasteiger partial charge in [0, 0.05) is 0 Å². The molecule has 1 saturated heterocycles. The third-order valence-electron chi connectivity index (χ3n) is 11.1. The molecule has 0 spiro atoms. The molecular weight excluding hydrogens is 737 g/mol. The van der Waals surface area contributed by atoms with Crippen molar-refractivity contribution in [3.05, 3.63) is 144 Å². The van der Waals surface area contributed by atoms with Crippen molar-refractivity contribution < 1.29 is 23.7 Å². The van der Waals surface area contributed by atoms with E-state index in [0.717, 1.165) is 34.4 Å². The number of rotatable bonds is 31. The molecule has 4 aromatic rings. The summed E-state index contributed by atoms with van der Waals surface area (Å²) < 4.78 is 34.1. The second kappa shape index (κ2) is 29.3. The van der Waals surface area contributed by atoms with Crippen LogP contribution in [0.3, 0.4) is 0 Å². The van der Waals surface area contributed by atoms with E-state index in [2.05, 4.69) is 104 Å². The molecule has 4 aromatic carbocycles. The molecule has 0 bridgehead atoms. The highest BCUT2D eigenvalue weighted by molar-refractivity contribution is 7.99. The minimum absolute atomic E-state index is 0.234. The first-order chi connectivity index (χ1) is 28.8. The Morgan fingerprint density at radius 3 is 1.21 bits per heavy atom. The quantitative estimate of drug-likeness (QED) is 0.0472. The van der Waals surface area contributed by atoms with Crippen LogP contribution >= 0.6 is 11.8 Å². The normalized spacial score (nSPS) is 19.4. The number of hydrogen-bond acceptors (Lipinski definition) is 6. The van der Waals surface area contributed by atoms with Gasteiger partial charge in [0.2, 0.25) is 0 Å². The molecule has 1 fully saturated rings. The van der Waals surface area contributed by atoms with E-state index in [4.69, 9.17) is 23.7 Å². The van der Waals surface area contributed by atoms with Gasteiger partial charge in [0.25, 0.3) is 0 Å². The van der Waals surface area contributed by atoms with Crippen LogP contribution in [-0.4, -0.2) is 42.2 Å². The lowest BCUT2D eigenvalue weighted by molar-refractivity contribution is -0.254. The fourth-order valence-electron chi connectivity index (χ4n) is 7.73. The molecule has 1 aliphatic heterocycles. The van der Waals surface area contributed by atoms with Crippen molar-refractivity contribution in [1.82, 2.24) is 0 Å². The second-order valence-corrected chi connectivity index (χ2v) is 17.2. The van der Waals surface area contributed by atoms with Gasteiger partial charge in [-0.15, -0.1) is 11.8 Å². The van der Waals surface area contributed by atoms with E-state index in [1.807, 2.05) is 36.0 Å². The maximum atomic E-state index is 7.05. The third kappa shape index (κ3) is 18.1. The zero-order valence-corrected chi connectivity index (χ0v) is 36.3. The van der Waals surface area contributed by atoms with E-state index in [0.29, 0.717) is 33.0 Å². The summed E-state index contributed by atoms with van der Waals surface area (Å²) in [5.41, 5.74) is 4.25. The summed E-state index contributed by atoms with van der Waals surface area (Å²) in [6.45, 7) is 4.56. The summed E-state index contributed by atoms with van der Waals surface area (Å²) >= 11 is 1.86. The fourth-order valence-corrected chi connectivity index (χ4v) is 8.98. The van der Waals surface area contributed by atoms with Crippen molar-refractivity contribution >= 4 is 11.8 Å². The maximum Gasteiger partial charge on any atom is 0.132 e. The molecule has 5 nitrogen and oxygen atoms in total. The van der Waals surface area contributed by atoms with Gasteiger partial charge in [0.05, 0.1) is 33.0 Å². The van der Waals surface area contributed by atoms with Gasteiger partial charge >= 0.3 is 0 Å². The van der Waals surface area contributed by atoms with Crippen LogP contribution in [0.25, 0.3) is 0 Å². The Labute approximate surface area is 356 Å². The van der Waals surface area contributed by atoms with Crippen LogP contribution in [0.5, 0.6) is 0 Å². The molecular formula is C52H72O5S. The number of ether oxygens (including phenoxy) is 5. The Bertz CT molecular complexity index is 1540. The Morgan fingerprint density at radius 2 is 0.776 bits per heavy atom. The van der Waals surface area contributed by atoms with Crippen LogP contribution in [0.2, 0.25) is 0 Å². The molecule has 5 rings (SSSR count). The highest BCUT2D eigenvalue weighted by atomic mass is 32.2. The summed E-state index contributed by atoms with van der Waals surface area (Å²) in [7, 11) is 0. The van der Waals surface area contributed by atoms with E-state index >= 15 is 0 Å². The van der Waals surface area contributed by atoms with E-state index in [1.165, 1.54) is 96.3 Å². The minimum atomic E-state index is -0.409. The van der Waals surface area contributed by atoms with Gasteiger partial charge < -0.3 is 23.7 Å². The summed E-state index contributed by atoms with van der Waals surface area (Å²) in [6, 6.07) is 41.5. The average molecular weight is 809 g/mol. The third-order valence-corrected chi connectivity index (χ3v) is 12.4. The van der Waals surface area contributed by atoms with Crippen LogP contribution in [0, 0.1) is 0 Å². The molecule has 6 heteroatoms. The highest BCUT2D eigenvalue weighted by Gasteiger charge is 2.48. The first-order valence-electron chi connectivity index (χ1n) is 22.7. The minimum Gasteiger partial charge on any atom is -0.374 e. The van der Waals surface area contributed by atoms with Gasteiger partial charge in [0.15, 0.2) is 0 Å². The number of unbranched alkanes of at least 4 members (excludes halogenated alkanes) is 15. The Balaban J connectivity index is 1.19. The molecule has 58 heavy (non-hydrogen) atoms. The molecule has 1 heterocycles. The van der Waals surface area contributed by atoms with E-state index < -0.39 is 6.10 Å². The largest absolute Gasteiger partial charge is 0.374 e. The van der Waals surface area contributed by atoms with Crippen molar-refractivity contribution in [3.63, 3.8) is 0 Å². The maximum absolute atomic E-state index is 7.05. The molecule has 0 amide bonds. The Morgan fingerprint density at radius 1 is 0.414 bits per heavy atom. The van der Waals surface area contributed by atoms with E-state index in [-0.39, 0.29) is 23.7 Å². The first-order valence-corrected chi connectivity index (χ1v) is 23.7. The molecule has 0 aliphatic carbocycles. The van der Waals surface area contributed by atoms with Crippen molar-refractivity contribution in [2.24, 2.45) is 0 Å². The van der Waals surface area contributed by atoms with Crippen LogP contribution in [-0.2, 0) is 50.1 Å². The Kier molecular flexibility index (Phi) is 23.3. The topological polar surface area (TPSA) is 46.2 Å². The van der Waals surface area contributed by atoms with Crippen LogP contribution in [0.15, 0.2) is 121 Å². The molecule has 0 N–H and O–H groups in total. The average Bonchev–Trinajstić information content (AvgIpc) is 3.27. The Hall–Kier alpha value is -2.97. The number of thioether (sulfide) groups is 1. The van der Waals surface area contributed by atoms with Gasteiger partial charge in [-0.2, -0.15) is 0 Å². The number of benzene rings is 4. The predicted molar refractivity (Wildman–Crippen MR) is 242 cm³/mol. The molecule has 0 unspecified atom stereocenters. The standard InChI is InChI=1S/C52H72O5S/c1-2-3-4-5-6-7-8-9-10-11-12-13-14-15-16-29-38-58-52-51(56-42-47-36-27-20-28-37-47)50(55-41-46-34-25-19-26-35-46)49(54-40-45-32-23-18-24-33-45)48(57-52)43-53-39-44-30-21-17-22-31-44/h17-28,30-37,48-52H,2-16,29,38-43H2,1H3/t48-,49-,50+,51-,52+/m1/s1. The summed E-state index contributed by atoms with van der Waals surface area (Å²) in [5.74, 6) is 1.01. The smallest absolute Gasteiger partial charge is 0.132 e. The van der Waals surface area contributed by atoms with Crippen LogP contribution in [0.1, 0.15) is 132 Å². The lowest BCUT2D eigenvalue weighted by atomic mass is 9.98. The fraction of sp³-hybridized carbons (Fsp3) is 0.538. The molecule has 0 radical (unpaired) electrons. The first kappa shape index (κ1) is 46.1. The van der Waals surface area contributed by atoms with Gasteiger partial charge in [0.1, 0.15) is 29.9 Å². The monoisotopic (exact) mass is 809 g/mol. The predicted octanol–water partition coefficient (Wildman–Crippen LogP) is 13.7. The van der Waals surface area contributed by atoms with Gasteiger partial charge in [-0.05, 0) is 34.4 Å². The summed E-state index contributed by atoms with van der Waals surface area (Å²) in [4.78, 5) is 0. The zero-order valence-electron chi connectivity index (χ0n) is 35.4. The van der Waals surface area contributed by atoms with Crippen molar-refractivity contribution in [2.75, 3.05) is 12.4 Å². The molecule has 0 saturated carbocycles. The molecule has 0 aromatic heterocycles. The lowest BCUT2D eigenvalue weighted by Crippen LogP contribution is -2.60. The van der Waals surface area contributed by atoms with Crippen LogP contribution in [0.4, 0.5) is 0 Å². The van der Waals surface area contributed by atoms with Crippen LogP contribution < -0.4 is 0 Å². The summed E-state index contributed by atoms with van der Waals surface area (Å²) in [5, 5.41) is 0. The van der Waals surface area contributed by atoms with Gasteiger partial charge in [-0.1, -0.05) is 225 Å². The zero-order chi connectivity index (χ0) is 40.1. The molecule has 316 valence electrons. The highest BCUT2D eigenvalue weighted by Crippen LogP contribution is 2.36. The van der Waals surface area contributed by atoms with Crippen molar-refractivity contribution in [1.29, 1.82) is 0 Å². The van der Waals surface area contributed by atoms with E-state index in [1.54, 1.807) is 0 Å². The van der Waals surface area contributed by atoms with Gasteiger partial charge in [-0.25, -0.2) is 0 Å². The van der Waals surface area contributed by atoms with Crippen molar-refractivity contribution in [2.45, 2.75) is 166 Å². The number of hydrogen-bond donors (Lipinski definition) is 0. The van der Waals surface area contributed by atoms with E-state index in [9.17, 15) is 0 Å². The van der Waals surface area contributed by atoms with Gasteiger partial charge in [-0.3, -0.25) is 0 Å². The molecule has 1 aliphatic rings. The van der Waals surface area contributed by atoms with Crippen molar-refractivity contribution in [3.8, 4) is 0 Å². The SMILES string of the molecule is CCCCCCCCCCCCCCCCCCS[C@@H]1O[C@H](COCc2ccccc2)[C@@H](OCc2ccccc2)[C@H](OCc2ccccc2)[C@H]1OCc1ccccc1. The second-order valence-electron chi connectivity index (χ2n) is 16.0. The lowest BCUT2D eigenvalue weighted by Gasteiger charge is -2.46.